The molecule has 3 N–H and O–H groups in total. The van der Waals surface area contributed by atoms with Crippen molar-refractivity contribution in [2.45, 2.75) is 38.4 Å². The van der Waals surface area contributed by atoms with Crippen LogP contribution in [0.25, 0.3) is 0 Å². The minimum atomic E-state index is -0.713. The maximum Gasteiger partial charge on any atom is 0.118 e. The quantitative estimate of drug-likeness (QED) is 0.689. The Morgan fingerprint density at radius 2 is 1.80 bits per heavy atom. The summed E-state index contributed by atoms with van der Waals surface area (Å²) in [5.74, 6) is 0.246. The summed E-state index contributed by atoms with van der Waals surface area (Å²) >= 11 is 0. The summed E-state index contributed by atoms with van der Waals surface area (Å²) in [6, 6.07) is 7.05. The second-order valence-electron chi connectivity index (χ2n) is 3.71. The lowest BCUT2D eigenvalue weighted by molar-refractivity contribution is 0.0130. The number of benzene rings is 1. The van der Waals surface area contributed by atoms with Crippen LogP contribution >= 0.6 is 0 Å². The van der Waals surface area contributed by atoms with Crippen LogP contribution in [0.2, 0.25) is 0 Å². The largest absolute Gasteiger partial charge is 0.508 e. The van der Waals surface area contributed by atoms with Crippen molar-refractivity contribution < 1.29 is 15.3 Å². The summed E-state index contributed by atoms with van der Waals surface area (Å²) in [5, 5.41) is 28.4. The van der Waals surface area contributed by atoms with Crippen LogP contribution in [0.15, 0.2) is 24.3 Å². The van der Waals surface area contributed by atoms with Gasteiger partial charge in [-0.25, -0.2) is 0 Å². The molecule has 3 nitrogen and oxygen atoms in total. The van der Waals surface area contributed by atoms with E-state index in [2.05, 4.69) is 0 Å². The molecule has 0 radical (unpaired) electrons. The topological polar surface area (TPSA) is 60.7 Å². The maximum absolute atomic E-state index is 9.54. The maximum atomic E-state index is 9.54. The third-order valence-corrected chi connectivity index (χ3v) is 2.56. The second-order valence-corrected chi connectivity index (χ2v) is 3.71. The van der Waals surface area contributed by atoms with E-state index < -0.39 is 12.2 Å². The molecule has 1 rings (SSSR count). The number of aliphatic hydroxyl groups is 2. The van der Waals surface area contributed by atoms with E-state index in [4.69, 9.17) is 0 Å². The Labute approximate surface area is 90.0 Å². The van der Waals surface area contributed by atoms with Crippen molar-refractivity contribution >= 4 is 0 Å². The molecule has 1 aromatic rings. The minimum absolute atomic E-state index is 0.246. The highest BCUT2D eigenvalue weighted by molar-refractivity contribution is 5.31. The lowest BCUT2D eigenvalue weighted by atomic mass is 10.0. The van der Waals surface area contributed by atoms with E-state index >= 15 is 0 Å². The fourth-order valence-electron chi connectivity index (χ4n) is 1.49. The Morgan fingerprint density at radius 1 is 1.13 bits per heavy atom. The van der Waals surface area contributed by atoms with E-state index in [0.29, 0.717) is 19.3 Å². The van der Waals surface area contributed by atoms with Gasteiger partial charge in [-0.1, -0.05) is 25.1 Å². The summed E-state index contributed by atoms with van der Waals surface area (Å²) in [5.41, 5.74) is 0.805. The van der Waals surface area contributed by atoms with Gasteiger partial charge in [0.2, 0.25) is 0 Å². The Kier molecular flexibility index (Phi) is 4.59. The molecule has 2 atom stereocenters. The highest BCUT2D eigenvalue weighted by Crippen LogP contribution is 2.18. The van der Waals surface area contributed by atoms with E-state index in [1.807, 2.05) is 19.1 Å². The van der Waals surface area contributed by atoms with Crippen molar-refractivity contribution in [2.75, 3.05) is 0 Å². The lowest BCUT2D eigenvalue weighted by Gasteiger charge is -2.16. The van der Waals surface area contributed by atoms with Crippen LogP contribution in [0.4, 0.5) is 0 Å². The van der Waals surface area contributed by atoms with Crippen molar-refractivity contribution in [3.63, 3.8) is 0 Å². The van der Waals surface area contributed by atoms with Gasteiger partial charge in [-0.2, -0.15) is 0 Å². The predicted octanol–water partition coefficient (Wildman–Crippen LogP) is 1.46. The summed E-state index contributed by atoms with van der Waals surface area (Å²) in [7, 11) is 0. The van der Waals surface area contributed by atoms with Gasteiger partial charge in [0, 0.05) is 0 Å². The molecule has 0 fully saturated rings. The van der Waals surface area contributed by atoms with E-state index in [1.165, 1.54) is 0 Å². The fourth-order valence-corrected chi connectivity index (χ4v) is 1.49. The number of hydrogen-bond acceptors (Lipinski definition) is 3. The second kappa shape index (κ2) is 5.73. The van der Waals surface area contributed by atoms with Gasteiger partial charge >= 0.3 is 0 Å². The molecule has 1 aromatic carbocycles. The molecule has 0 amide bonds. The number of para-hydroxylation sites is 1. The smallest absolute Gasteiger partial charge is 0.118 e. The molecule has 84 valence electrons. The average molecular weight is 210 g/mol. The van der Waals surface area contributed by atoms with Crippen LogP contribution in [0.3, 0.4) is 0 Å². The van der Waals surface area contributed by atoms with Crippen molar-refractivity contribution in [1.29, 1.82) is 0 Å². The standard InChI is InChI=1S/C12H18O3/c1-2-10(13)12(15)8-7-9-5-3-4-6-11(9)14/h3-6,10,12-15H,2,7-8H2,1H3. The molecule has 0 aromatic heterocycles. The normalized spacial score (nSPS) is 14.9. The lowest BCUT2D eigenvalue weighted by Crippen LogP contribution is -2.25. The van der Waals surface area contributed by atoms with Crippen LogP contribution in [0.1, 0.15) is 25.3 Å². The molecule has 0 bridgehead atoms. The van der Waals surface area contributed by atoms with Gasteiger partial charge in [-0.15, -0.1) is 0 Å². The molecule has 0 aliphatic heterocycles. The average Bonchev–Trinajstić information content (AvgIpc) is 2.26. The molecule has 0 spiro atoms. The summed E-state index contributed by atoms with van der Waals surface area (Å²) in [6.45, 7) is 1.83. The third-order valence-electron chi connectivity index (χ3n) is 2.56. The SMILES string of the molecule is CCC(O)C(O)CCc1ccccc1O. The zero-order chi connectivity index (χ0) is 11.3. The number of aliphatic hydroxyl groups excluding tert-OH is 2. The van der Waals surface area contributed by atoms with Gasteiger partial charge in [0.05, 0.1) is 12.2 Å². The first-order chi connectivity index (χ1) is 7.15. The van der Waals surface area contributed by atoms with E-state index in [0.717, 1.165) is 5.56 Å². The first kappa shape index (κ1) is 12.0. The zero-order valence-electron chi connectivity index (χ0n) is 8.93. The number of hydrogen-bond donors (Lipinski definition) is 3. The number of aromatic hydroxyl groups is 1. The van der Waals surface area contributed by atoms with Crippen LogP contribution in [-0.4, -0.2) is 27.5 Å². The monoisotopic (exact) mass is 210 g/mol. The van der Waals surface area contributed by atoms with Crippen LogP contribution in [0.5, 0.6) is 5.75 Å². The molecule has 0 heterocycles. The first-order valence-electron chi connectivity index (χ1n) is 5.28. The molecule has 0 aliphatic carbocycles. The Balaban J connectivity index is 2.47. The Hall–Kier alpha value is -1.06. The van der Waals surface area contributed by atoms with Crippen LogP contribution < -0.4 is 0 Å². The molecule has 0 saturated carbocycles. The molecule has 0 saturated heterocycles. The third kappa shape index (κ3) is 3.53. The number of rotatable bonds is 5. The first-order valence-corrected chi connectivity index (χ1v) is 5.28. The predicted molar refractivity (Wildman–Crippen MR) is 58.7 cm³/mol. The molecule has 0 aliphatic rings. The highest BCUT2D eigenvalue weighted by atomic mass is 16.3. The van der Waals surface area contributed by atoms with Crippen LogP contribution in [0, 0.1) is 0 Å². The van der Waals surface area contributed by atoms with Gasteiger partial charge in [0.15, 0.2) is 0 Å². The van der Waals surface area contributed by atoms with Gasteiger partial charge in [0.1, 0.15) is 5.75 Å². The minimum Gasteiger partial charge on any atom is -0.508 e. The number of phenols is 1. The zero-order valence-corrected chi connectivity index (χ0v) is 8.93. The van der Waals surface area contributed by atoms with Gasteiger partial charge in [0.25, 0.3) is 0 Å². The van der Waals surface area contributed by atoms with Crippen molar-refractivity contribution in [3.8, 4) is 5.75 Å². The van der Waals surface area contributed by atoms with E-state index in [-0.39, 0.29) is 5.75 Å². The number of aryl methyl sites for hydroxylation is 1. The summed E-state index contributed by atoms with van der Waals surface area (Å²) in [6.07, 6.45) is 0.199. The van der Waals surface area contributed by atoms with Crippen molar-refractivity contribution in [1.82, 2.24) is 0 Å². The molecular weight excluding hydrogens is 192 g/mol. The van der Waals surface area contributed by atoms with Gasteiger partial charge in [-0.3, -0.25) is 0 Å². The molecule has 2 unspecified atom stereocenters. The van der Waals surface area contributed by atoms with Crippen molar-refractivity contribution in [2.24, 2.45) is 0 Å². The molecule has 15 heavy (non-hydrogen) atoms. The van der Waals surface area contributed by atoms with E-state index in [9.17, 15) is 15.3 Å². The van der Waals surface area contributed by atoms with E-state index in [1.54, 1.807) is 12.1 Å². The van der Waals surface area contributed by atoms with Gasteiger partial charge < -0.3 is 15.3 Å². The molecular formula is C12H18O3. The Bertz CT molecular complexity index is 299. The fraction of sp³-hybridized carbons (Fsp3) is 0.500. The number of phenolic OH excluding ortho intramolecular Hbond substituents is 1. The van der Waals surface area contributed by atoms with Gasteiger partial charge in [-0.05, 0) is 30.9 Å². The Morgan fingerprint density at radius 3 is 2.40 bits per heavy atom. The summed E-state index contributed by atoms with van der Waals surface area (Å²) < 4.78 is 0. The molecule has 3 heteroatoms. The van der Waals surface area contributed by atoms with Crippen LogP contribution in [-0.2, 0) is 6.42 Å². The summed E-state index contributed by atoms with van der Waals surface area (Å²) in [4.78, 5) is 0. The van der Waals surface area contributed by atoms with Crippen molar-refractivity contribution in [3.05, 3.63) is 29.8 Å². The highest BCUT2D eigenvalue weighted by Gasteiger charge is 2.14.